The Morgan fingerprint density at radius 1 is 1.00 bits per heavy atom. The van der Waals surface area contributed by atoms with Gasteiger partial charge in [-0.1, -0.05) is 0 Å². The summed E-state index contributed by atoms with van der Waals surface area (Å²) in [6.45, 7) is 0. The Hall–Kier alpha value is 0.986. The summed E-state index contributed by atoms with van der Waals surface area (Å²) >= 11 is 0. The van der Waals surface area contributed by atoms with E-state index in [2.05, 4.69) is 0 Å². The average molecular weight is 104 g/mol. The molecule has 0 amide bonds. The standard InChI is InChI=1S/C5H5.K/c1-2-4-5-3-1;/h1-5H;/q-1;+1. The summed E-state index contributed by atoms with van der Waals surface area (Å²) in [6.07, 6.45) is 0. The maximum Gasteiger partial charge on any atom is 1.00 e. The fraction of sp³-hybridized carbons (Fsp3) is 0. The molecule has 0 fully saturated rings. The topological polar surface area (TPSA) is 0 Å². The zero-order valence-electron chi connectivity index (χ0n) is 3.89. The van der Waals surface area contributed by atoms with E-state index in [1.165, 1.54) is 0 Å². The Morgan fingerprint density at radius 2 is 1.50 bits per heavy atom. The van der Waals surface area contributed by atoms with E-state index < -0.39 is 0 Å². The van der Waals surface area contributed by atoms with Gasteiger partial charge in [-0.25, -0.2) is 12.1 Å². The zero-order valence-corrected chi connectivity index (χ0v) is 7.01. The summed E-state index contributed by atoms with van der Waals surface area (Å²) < 4.78 is 0. The van der Waals surface area contributed by atoms with Crippen LogP contribution in [0.5, 0.6) is 0 Å². The first-order chi connectivity index (χ1) is 2.50. The Bertz CT molecular complexity index is 60.4. The third-order valence-corrected chi connectivity index (χ3v) is 0.556. The molecule has 0 heterocycles. The molecular formula is C5H5K. The minimum Gasteiger partial charge on any atom is -0.214 e. The number of hydrogen-bond donors (Lipinski definition) is 0. The molecule has 6 heavy (non-hydrogen) atoms. The van der Waals surface area contributed by atoms with E-state index in [0.29, 0.717) is 0 Å². The molecule has 0 saturated carbocycles. The predicted molar refractivity (Wildman–Crippen MR) is 22.0 cm³/mol. The summed E-state index contributed by atoms with van der Waals surface area (Å²) in [5.41, 5.74) is 0. The van der Waals surface area contributed by atoms with Crippen molar-refractivity contribution in [2.75, 3.05) is 0 Å². The van der Waals surface area contributed by atoms with Crippen molar-refractivity contribution >= 4 is 0 Å². The molecule has 0 aromatic heterocycles. The van der Waals surface area contributed by atoms with Gasteiger partial charge in [0.2, 0.25) is 0 Å². The fourth-order valence-corrected chi connectivity index (χ4v) is 0.321. The normalized spacial score (nSPS) is 6.67. The maximum atomic E-state index is 2.00. The van der Waals surface area contributed by atoms with Crippen LogP contribution < -0.4 is 51.4 Å². The van der Waals surface area contributed by atoms with E-state index in [0.717, 1.165) is 0 Å². The molecule has 1 rings (SSSR count). The van der Waals surface area contributed by atoms with Gasteiger partial charge in [-0.05, 0) is 0 Å². The number of rotatable bonds is 0. The Balaban J connectivity index is 0.000000250. The predicted octanol–water partition coefficient (Wildman–Crippen LogP) is -1.59. The molecule has 0 radical (unpaired) electrons. The van der Waals surface area contributed by atoms with Crippen LogP contribution in [0.1, 0.15) is 0 Å². The van der Waals surface area contributed by atoms with Crippen LogP contribution in [0.2, 0.25) is 0 Å². The van der Waals surface area contributed by atoms with Crippen molar-refractivity contribution in [2.24, 2.45) is 0 Å². The van der Waals surface area contributed by atoms with Gasteiger partial charge < -0.3 is 0 Å². The van der Waals surface area contributed by atoms with Crippen LogP contribution in [0.25, 0.3) is 0 Å². The Morgan fingerprint density at radius 3 is 1.67 bits per heavy atom. The van der Waals surface area contributed by atoms with E-state index in [4.69, 9.17) is 0 Å². The van der Waals surface area contributed by atoms with Gasteiger partial charge in [-0.15, -0.1) is 0 Å². The van der Waals surface area contributed by atoms with E-state index in [1.54, 1.807) is 0 Å². The van der Waals surface area contributed by atoms with Crippen molar-refractivity contribution in [3.63, 3.8) is 0 Å². The van der Waals surface area contributed by atoms with E-state index >= 15 is 0 Å². The minimum atomic E-state index is 0. The molecule has 0 saturated heterocycles. The summed E-state index contributed by atoms with van der Waals surface area (Å²) in [7, 11) is 0. The Labute approximate surface area is 80.3 Å². The molecule has 0 aliphatic rings. The van der Waals surface area contributed by atoms with Gasteiger partial charge in [-0.2, -0.15) is 18.2 Å². The molecule has 0 spiro atoms. The zero-order chi connectivity index (χ0) is 3.54. The van der Waals surface area contributed by atoms with E-state index in [-0.39, 0.29) is 51.4 Å². The molecule has 1 aromatic rings. The van der Waals surface area contributed by atoms with Crippen LogP contribution >= 0.6 is 0 Å². The average Bonchev–Trinajstić information content (AvgIpc) is 1.76. The Kier molecular flexibility index (Phi) is 4.84. The largest absolute Gasteiger partial charge is 1.00 e. The van der Waals surface area contributed by atoms with Crippen LogP contribution in [0, 0.1) is 0 Å². The second kappa shape index (κ2) is 4.15. The second-order valence-electron chi connectivity index (χ2n) is 0.962. The molecule has 0 unspecified atom stereocenters. The molecular weight excluding hydrogens is 99.2 g/mol. The van der Waals surface area contributed by atoms with Gasteiger partial charge >= 0.3 is 51.4 Å². The van der Waals surface area contributed by atoms with Crippen molar-refractivity contribution in [1.82, 2.24) is 0 Å². The maximum absolute atomic E-state index is 2.00. The summed E-state index contributed by atoms with van der Waals surface area (Å²) in [5.74, 6) is 0. The fourth-order valence-electron chi connectivity index (χ4n) is 0.321. The van der Waals surface area contributed by atoms with Gasteiger partial charge in [0.1, 0.15) is 0 Å². The van der Waals surface area contributed by atoms with Crippen LogP contribution in [0.3, 0.4) is 0 Å². The monoisotopic (exact) mass is 104 g/mol. The van der Waals surface area contributed by atoms with Crippen molar-refractivity contribution in [2.45, 2.75) is 0 Å². The van der Waals surface area contributed by atoms with Gasteiger partial charge in [0.05, 0.1) is 0 Å². The van der Waals surface area contributed by atoms with Gasteiger partial charge in [0.25, 0.3) is 0 Å². The molecule has 26 valence electrons. The van der Waals surface area contributed by atoms with Crippen molar-refractivity contribution in [3.8, 4) is 0 Å². The molecule has 1 heteroatoms. The summed E-state index contributed by atoms with van der Waals surface area (Å²) in [6, 6.07) is 10.0. The molecule has 0 bridgehead atoms. The smallest absolute Gasteiger partial charge is 0.214 e. The minimum absolute atomic E-state index is 0. The van der Waals surface area contributed by atoms with Crippen molar-refractivity contribution in [3.05, 3.63) is 30.3 Å². The number of hydrogen-bond acceptors (Lipinski definition) is 0. The van der Waals surface area contributed by atoms with Crippen LogP contribution in [-0.2, 0) is 0 Å². The van der Waals surface area contributed by atoms with E-state index in [9.17, 15) is 0 Å². The van der Waals surface area contributed by atoms with Gasteiger partial charge in [0, 0.05) is 0 Å². The van der Waals surface area contributed by atoms with Crippen molar-refractivity contribution < 1.29 is 51.4 Å². The first-order valence-corrected chi connectivity index (χ1v) is 1.67. The van der Waals surface area contributed by atoms with Crippen molar-refractivity contribution in [1.29, 1.82) is 0 Å². The molecule has 0 atom stereocenters. The van der Waals surface area contributed by atoms with Crippen LogP contribution in [0.4, 0.5) is 0 Å². The third-order valence-electron chi connectivity index (χ3n) is 0.556. The first-order valence-electron chi connectivity index (χ1n) is 1.67. The molecule has 0 N–H and O–H groups in total. The molecule has 0 aliphatic heterocycles. The summed E-state index contributed by atoms with van der Waals surface area (Å²) in [5, 5.41) is 0. The molecule has 1 aromatic carbocycles. The van der Waals surface area contributed by atoms with E-state index in [1.807, 2.05) is 30.3 Å². The third kappa shape index (κ3) is 2.21. The van der Waals surface area contributed by atoms with Crippen LogP contribution in [-0.4, -0.2) is 0 Å². The SMILES string of the molecule is [K+].c1cc[cH-]c1. The second-order valence-corrected chi connectivity index (χ2v) is 0.962. The van der Waals surface area contributed by atoms with Gasteiger partial charge in [0.15, 0.2) is 0 Å². The van der Waals surface area contributed by atoms with Gasteiger partial charge in [-0.3, -0.25) is 0 Å². The van der Waals surface area contributed by atoms with Crippen LogP contribution in [0.15, 0.2) is 30.3 Å². The molecule has 0 nitrogen and oxygen atoms in total. The summed E-state index contributed by atoms with van der Waals surface area (Å²) in [4.78, 5) is 0. The molecule has 0 aliphatic carbocycles. The quantitative estimate of drug-likeness (QED) is 0.275. The first kappa shape index (κ1) is 6.99.